The molecule has 134 valence electrons. The molecule has 0 unspecified atom stereocenters. The molecule has 7 heteroatoms. The standard InChI is InChI=1S/C21H15N7/c1-13-10-15(12-27-8-6-24-20(13)27)18-17(14-4-3-5-16(11-14)23-2)26-19(22)21-25-7-9-28(18)21/h3-12H,1H3,(H2,22,26). The van der Waals surface area contributed by atoms with Crippen molar-refractivity contribution in [2.45, 2.75) is 6.92 Å². The summed E-state index contributed by atoms with van der Waals surface area (Å²) in [6, 6.07) is 9.47. The number of aromatic nitrogens is 5. The minimum atomic E-state index is 0.345. The van der Waals surface area contributed by atoms with Crippen LogP contribution in [-0.2, 0) is 0 Å². The summed E-state index contributed by atoms with van der Waals surface area (Å²) in [5.41, 5.74) is 12.7. The molecule has 0 fully saturated rings. The first-order valence-electron chi connectivity index (χ1n) is 8.70. The lowest BCUT2D eigenvalue weighted by Gasteiger charge is -2.15. The van der Waals surface area contributed by atoms with Crippen LogP contribution in [0.15, 0.2) is 61.3 Å². The lowest BCUT2D eigenvalue weighted by molar-refractivity contribution is 1.12. The SMILES string of the molecule is [C-]#[N+]c1cccc(-c2nc(N)c3nccn3c2-c2cc(C)c3nccn3c2)c1. The number of rotatable bonds is 2. The van der Waals surface area contributed by atoms with Crippen LogP contribution in [0.3, 0.4) is 0 Å². The van der Waals surface area contributed by atoms with Crippen molar-refractivity contribution >= 4 is 22.8 Å². The van der Waals surface area contributed by atoms with Gasteiger partial charge in [0.25, 0.3) is 0 Å². The molecule has 0 aliphatic heterocycles. The molecule has 0 saturated heterocycles. The van der Waals surface area contributed by atoms with Gasteiger partial charge in [0.1, 0.15) is 5.65 Å². The van der Waals surface area contributed by atoms with Gasteiger partial charge in [-0.1, -0.05) is 18.2 Å². The second-order valence-corrected chi connectivity index (χ2v) is 6.55. The van der Waals surface area contributed by atoms with Gasteiger partial charge in [0.05, 0.1) is 18.0 Å². The summed E-state index contributed by atoms with van der Waals surface area (Å²) in [5.74, 6) is 0.345. The summed E-state index contributed by atoms with van der Waals surface area (Å²) >= 11 is 0. The van der Waals surface area contributed by atoms with E-state index in [1.165, 1.54) is 0 Å². The average molecular weight is 365 g/mol. The molecular formula is C21H15N7. The quantitative estimate of drug-likeness (QED) is 0.477. The highest BCUT2D eigenvalue weighted by molar-refractivity contribution is 5.84. The zero-order chi connectivity index (χ0) is 19.3. The highest BCUT2D eigenvalue weighted by Gasteiger charge is 2.18. The van der Waals surface area contributed by atoms with Crippen molar-refractivity contribution in [3.63, 3.8) is 0 Å². The van der Waals surface area contributed by atoms with E-state index in [1.807, 2.05) is 52.5 Å². The van der Waals surface area contributed by atoms with Crippen molar-refractivity contribution in [3.05, 3.63) is 78.3 Å². The summed E-state index contributed by atoms with van der Waals surface area (Å²) in [7, 11) is 0. The van der Waals surface area contributed by atoms with Gasteiger partial charge in [-0.25, -0.2) is 19.8 Å². The maximum Gasteiger partial charge on any atom is 0.187 e. The minimum Gasteiger partial charge on any atom is -0.381 e. The van der Waals surface area contributed by atoms with Gasteiger partial charge in [-0.15, -0.1) is 0 Å². The van der Waals surface area contributed by atoms with Gasteiger partial charge in [-0.2, -0.15) is 0 Å². The van der Waals surface area contributed by atoms with Gasteiger partial charge in [-0.3, -0.25) is 4.40 Å². The van der Waals surface area contributed by atoms with Gasteiger partial charge in [0.2, 0.25) is 0 Å². The molecular weight excluding hydrogens is 350 g/mol. The Morgan fingerprint density at radius 2 is 1.86 bits per heavy atom. The Labute approximate surface area is 160 Å². The van der Waals surface area contributed by atoms with Crippen LogP contribution in [0.1, 0.15) is 5.56 Å². The molecule has 28 heavy (non-hydrogen) atoms. The van der Waals surface area contributed by atoms with Crippen LogP contribution >= 0.6 is 0 Å². The third kappa shape index (κ3) is 2.32. The van der Waals surface area contributed by atoms with Gasteiger partial charge >= 0.3 is 0 Å². The van der Waals surface area contributed by atoms with Gasteiger partial charge in [0, 0.05) is 36.5 Å². The van der Waals surface area contributed by atoms with Crippen molar-refractivity contribution in [1.82, 2.24) is 23.8 Å². The summed E-state index contributed by atoms with van der Waals surface area (Å²) < 4.78 is 3.93. The van der Waals surface area contributed by atoms with Gasteiger partial charge < -0.3 is 10.1 Å². The van der Waals surface area contributed by atoms with Crippen LogP contribution in [0.25, 0.3) is 38.7 Å². The van der Waals surface area contributed by atoms with Crippen LogP contribution in [0.4, 0.5) is 11.5 Å². The number of benzene rings is 1. The molecule has 0 saturated carbocycles. The van der Waals surface area contributed by atoms with E-state index < -0.39 is 0 Å². The van der Waals surface area contributed by atoms with Crippen LogP contribution in [-0.4, -0.2) is 23.8 Å². The van der Waals surface area contributed by atoms with E-state index in [1.54, 1.807) is 18.5 Å². The third-order valence-electron chi connectivity index (χ3n) is 4.76. The first kappa shape index (κ1) is 16.0. The molecule has 1 aromatic carbocycles. The number of nitrogens with two attached hydrogens (primary N) is 1. The molecule has 0 amide bonds. The number of fused-ring (bicyclic) bond motifs is 2. The van der Waals surface area contributed by atoms with Crippen LogP contribution < -0.4 is 5.73 Å². The van der Waals surface area contributed by atoms with E-state index in [0.717, 1.165) is 28.0 Å². The van der Waals surface area contributed by atoms with Gasteiger partial charge in [-0.05, 0) is 30.2 Å². The average Bonchev–Trinajstić information content (AvgIpc) is 3.37. The second-order valence-electron chi connectivity index (χ2n) is 6.55. The Bertz CT molecular complexity index is 1400. The Morgan fingerprint density at radius 3 is 2.71 bits per heavy atom. The summed E-state index contributed by atoms with van der Waals surface area (Å²) in [6.07, 6.45) is 9.29. The minimum absolute atomic E-state index is 0.345. The predicted octanol–water partition coefficient (Wildman–Crippen LogP) is 4.15. The lowest BCUT2D eigenvalue weighted by atomic mass is 10.0. The summed E-state index contributed by atoms with van der Waals surface area (Å²) in [4.78, 5) is 17.0. The number of hydrogen-bond donors (Lipinski definition) is 1. The van der Waals surface area contributed by atoms with Crippen molar-refractivity contribution in [2.75, 3.05) is 5.73 Å². The van der Waals surface area contributed by atoms with E-state index >= 15 is 0 Å². The molecule has 7 nitrogen and oxygen atoms in total. The zero-order valence-corrected chi connectivity index (χ0v) is 15.0. The fourth-order valence-corrected chi connectivity index (χ4v) is 3.55. The Hall–Kier alpha value is -4.18. The van der Waals surface area contributed by atoms with Crippen LogP contribution in [0.5, 0.6) is 0 Å². The first-order chi connectivity index (χ1) is 13.7. The zero-order valence-electron chi connectivity index (χ0n) is 15.0. The molecule has 5 aromatic rings. The summed E-state index contributed by atoms with van der Waals surface area (Å²) in [6.45, 7) is 9.35. The maximum atomic E-state index is 7.32. The smallest absolute Gasteiger partial charge is 0.187 e. The lowest BCUT2D eigenvalue weighted by Crippen LogP contribution is -2.04. The number of nitrogen functional groups attached to an aromatic ring is 1. The normalized spacial score (nSPS) is 11.1. The van der Waals surface area contributed by atoms with E-state index in [-0.39, 0.29) is 0 Å². The van der Waals surface area contributed by atoms with Crippen molar-refractivity contribution in [3.8, 4) is 22.5 Å². The maximum absolute atomic E-state index is 7.32. The number of anilines is 1. The highest BCUT2D eigenvalue weighted by Crippen LogP contribution is 2.35. The van der Waals surface area contributed by atoms with Crippen molar-refractivity contribution < 1.29 is 0 Å². The highest BCUT2D eigenvalue weighted by atomic mass is 15.1. The molecule has 0 radical (unpaired) electrons. The fraction of sp³-hybridized carbons (Fsp3) is 0.0476. The molecule has 5 rings (SSSR count). The number of hydrogen-bond acceptors (Lipinski definition) is 4. The number of aryl methyl sites for hydroxylation is 1. The van der Waals surface area contributed by atoms with Crippen molar-refractivity contribution in [1.29, 1.82) is 0 Å². The first-order valence-corrected chi connectivity index (χ1v) is 8.70. The fourth-order valence-electron chi connectivity index (χ4n) is 3.55. The van der Waals surface area contributed by atoms with Gasteiger partial charge in [0.15, 0.2) is 17.2 Å². The largest absolute Gasteiger partial charge is 0.381 e. The van der Waals surface area contributed by atoms with E-state index in [2.05, 4.69) is 25.9 Å². The van der Waals surface area contributed by atoms with Crippen LogP contribution in [0, 0.1) is 13.5 Å². The number of imidazole rings is 2. The molecule has 4 aromatic heterocycles. The third-order valence-corrected chi connectivity index (χ3v) is 4.76. The summed E-state index contributed by atoms with van der Waals surface area (Å²) in [5, 5.41) is 0. The molecule has 0 aliphatic carbocycles. The molecule has 4 heterocycles. The second kappa shape index (κ2) is 5.93. The van der Waals surface area contributed by atoms with Crippen LogP contribution in [0.2, 0.25) is 0 Å². The predicted molar refractivity (Wildman–Crippen MR) is 108 cm³/mol. The molecule has 0 atom stereocenters. The molecule has 0 aliphatic rings. The van der Waals surface area contributed by atoms with E-state index in [4.69, 9.17) is 12.3 Å². The monoisotopic (exact) mass is 365 g/mol. The van der Waals surface area contributed by atoms with E-state index in [9.17, 15) is 0 Å². The molecule has 0 spiro atoms. The van der Waals surface area contributed by atoms with E-state index in [0.29, 0.717) is 22.8 Å². The Kier molecular flexibility index (Phi) is 3.39. The molecule has 0 bridgehead atoms. The number of pyridine rings is 1. The number of nitrogens with zero attached hydrogens (tertiary/aromatic N) is 6. The Morgan fingerprint density at radius 1 is 1.04 bits per heavy atom. The Balaban J connectivity index is 1.89. The van der Waals surface area contributed by atoms with Crippen molar-refractivity contribution in [2.24, 2.45) is 0 Å². The topological polar surface area (TPSA) is 77.9 Å². The molecule has 2 N–H and O–H groups in total.